The summed E-state index contributed by atoms with van der Waals surface area (Å²) >= 11 is 0. The molecule has 1 fully saturated rings. The van der Waals surface area contributed by atoms with Crippen LogP contribution in [0.1, 0.15) is 12.5 Å². The van der Waals surface area contributed by atoms with E-state index in [0.717, 1.165) is 11.3 Å². The Balaban J connectivity index is 1.81. The van der Waals surface area contributed by atoms with Gasteiger partial charge in [0.15, 0.2) is 0 Å². The van der Waals surface area contributed by atoms with Crippen LogP contribution in [-0.4, -0.2) is 50.3 Å². The van der Waals surface area contributed by atoms with Crippen LogP contribution in [0.4, 0.5) is 0 Å². The van der Waals surface area contributed by atoms with Crippen molar-refractivity contribution in [2.24, 2.45) is 0 Å². The van der Waals surface area contributed by atoms with E-state index in [0.29, 0.717) is 32.8 Å². The van der Waals surface area contributed by atoms with Crippen LogP contribution in [0.5, 0.6) is 5.75 Å². The molecule has 0 radical (unpaired) electrons. The van der Waals surface area contributed by atoms with Crippen LogP contribution >= 0.6 is 0 Å². The van der Waals surface area contributed by atoms with Crippen molar-refractivity contribution in [1.82, 2.24) is 10.2 Å². The number of carbonyl (C=O) groups excluding carboxylic acids is 1. The van der Waals surface area contributed by atoms with Gasteiger partial charge in [-0.3, -0.25) is 4.79 Å². The van der Waals surface area contributed by atoms with E-state index in [4.69, 9.17) is 9.47 Å². The molecule has 1 saturated heterocycles. The van der Waals surface area contributed by atoms with Crippen LogP contribution in [0, 0.1) is 0 Å². The van der Waals surface area contributed by atoms with E-state index in [1.54, 1.807) is 7.11 Å². The van der Waals surface area contributed by atoms with E-state index < -0.39 is 0 Å². The standard InChI is InChI=1S/C15H22N2O3/c1-12(15(18)17-7-9-20-10-8-17)16-11-13-3-5-14(19-2)6-4-13/h3-6,12,16H,7-11H2,1-2H3. The van der Waals surface area contributed by atoms with Crippen molar-refractivity contribution in [2.75, 3.05) is 33.4 Å². The zero-order valence-electron chi connectivity index (χ0n) is 12.1. The largest absolute Gasteiger partial charge is 0.497 e. The van der Waals surface area contributed by atoms with Gasteiger partial charge in [-0.1, -0.05) is 12.1 Å². The molecular weight excluding hydrogens is 256 g/mol. The minimum atomic E-state index is -0.185. The summed E-state index contributed by atoms with van der Waals surface area (Å²) in [4.78, 5) is 14.1. The third kappa shape index (κ3) is 3.95. The summed E-state index contributed by atoms with van der Waals surface area (Å²) in [6.07, 6.45) is 0. The fourth-order valence-electron chi connectivity index (χ4n) is 2.16. The number of methoxy groups -OCH3 is 1. The molecule has 110 valence electrons. The Morgan fingerprint density at radius 2 is 2.00 bits per heavy atom. The first-order chi connectivity index (χ1) is 9.70. The van der Waals surface area contributed by atoms with Gasteiger partial charge in [0.05, 0.1) is 26.4 Å². The molecular formula is C15H22N2O3. The van der Waals surface area contributed by atoms with Gasteiger partial charge in [0.1, 0.15) is 5.75 Å². The summed E-state index contributed by atoms with van der Waals surface area (Å²) in [7, 11) is 1.65. The van der Waals surface area contributed by atoms with Crippen LogP contribution in [0.25, 0.3) is 0 Å². The highest BCUT2D eigenvalue weighted by Gasteiger charge is 2.21. The predicted octanol–water partition coefficient (Wildman–Crippen LogP) is 1.03. The van der Waals surface area contributed by atoms with Gasteiger partial charge in [-0.25, -0.2) is 0 Å². The van der Waals surface area contributed by atoms with Crippen LogP contribution in [-0.2, 0) is 16.1 Å². The summed E-state index contributed by atoms with van der Waals surface area (Å²) in [6.45, 7) is 5.22. The Kier molecular flexibility index (Phi) is 5.38. The molecule has 5 heteroatoms. The van der Waals surface area contributed by atoms with Crippen molar-refractivity contribution in [2.45, 2.75) is 19.5 Å². The first-order valence-electron chi connectivity index (χ1n) is 6.93. The zero-order valence-corrected chi connectivity index (χ0v) is 12.1. The Hall–Kier alpha value is -1.59. The van der Waals surface area contributed by atoms with Crippen molar-refractivity contribution in [3.8, 4) is 5.75 Å². The van der Waals surface area contributed by atoms with Gasteiger partial charge in [0.25, 0.3) is 0 Å². The molecule has 1 heterocycles. The molecule has 1 atom stereocenters. The molecule has 1 aliphatic rings. The summed E-state index contributed by atoms with van der Waals surface area (Å²) in [5, 5.41) is 3.26. The van der Waals surface area contributed by atoms with Crippen molar-refractivity contribution in [3.63, 3.8) is 0 Å². The highest BCUT2D eigenvalue weighted by atomic mass is 16.5. The molecule has 5 nitrogen and oxygen atoms in total. The average Bonchev–Trinajstić information content (AvgIpc) is 2.53. The van der Waals surface area contributed by atoms with Crippen LogP contribution < -0.4 is 10.1 Å². The Morgan fingerprint density at radius 1 is 1.35 bits per heavy atom. The highest BCUT2D eigenvalue weighted by Crippen LogP contribution is 2.11. The summed E-state index contributed by atoms with van der Waals surface area (Å²) < 4.78 is 10.4. The number of nitrogens with zero attached hydrogens (tertiary/aromatic N) is 1. The number of rotatable bonds is 5. The van der Waals surface area contributed by atoms with Crippen LogP contribution in [0.3, 0.4) is 0 Å². The summed E-state index contributed by atoms with van der Waals surface area (Å²) in [5.74, 6) is 0.980. The number of nitrogens with one attached hydrogen (secondary N) is 1. The number of carbonyl (C=O) groups is 1. The number of benzene rings is 1. The third-order valence-electron chi connectivity index (χ3n) is 3.46. The summed E-state index contributed by atoms with van der Waals surface area (Å²) in [6, 6.07) is 7.65. The van der Waals surface area contributed by atoms with Gasteiger partial charge >= 0.3 is 0 Å². The first kappa shape index (κ1) is 14.8. The fourth-order valence-corrected chi connectivity index (χ4v) is 2.16. The lowest BCUT2D eigenvalue weighted by molar-refractivity contribution is -0.137. The van der Waals surface area contributed by atoms with Gasteiger partial charge in [0, 0.05) is 19.6 Å². The second-order valence-corrected chi connectivity index (χ2v) is 4.89. The Labute approximate surface area is 119 Å². The van der Waals surface area contributed by atoms with Gasteiger partial charge in [-0.05, 0) is 24.6 Å². The number of morpholine rings is 1. The Morgan fingerprint density at radius 3 is 2.60 bits per heavy atom. The minimum Gasteiger partial charge on any atom is -0.497 e. The predicted molar refractivity (Wildman–Crippen MR) is 76.7 cm³/mol. The molecule has 20 heavy (non-hydrogen) atoms. The smallest absolute Gasteiger partial charge is 0.239 e. The van der Waals surface area contributed by atoms with Crippen molar-refractivity contribution in [1.29, 1.82) is 0 Å². The van der Waals surface area contributed by atoms with Crippen molar-refractivity contribution in [3.05, 3.63) is 29.8 Å². The zero-order chi connectivity index (χ0) is 14.4. The topological polar surface area (TPSA) is 50.8 Å². The molecule has 1 amide bonds. The van der Waals surface area contributed by atoms with Gasteiger partial charge < -0.3 is 19.7 Å². The molecule has 0 bridgehead atoms. The molecule has 0 spiro atoms. The van der Waals surface area contributed by atoms with Crippen LogP contribution in [0.15, 0.2) is 24.3 Å². The summed E-state index contributed by atoms with van der Waals surface area (Å²) in [5.41, 5.74) is 1.13. The maximum Gasteiger partial charge on any atom is 0.239 e. The molecule has 1 aromatic carbocycles. The lowest BCUT2D eigenvalue weighted by atomic mass is 10.2. The third-order valence-corrected chi connectivity index (χ3v) is 3.46. The molecule has 2 rings (SSSR count). The molecule has 1 unspecified atom stereocenters. The molecule has 1 N–H and O–H groups in total. The van der Waals surface area contributed by atoms with E-state index in [-0.39, 0.29) is 11.9 Å². The van der Waals surface area contributed by atoms with E-state index in [1.807, 2.05) is 36.1 Å². The normalized spacial score (nSPS) is 16.8. The fraction of sp³-hybridized carbons (Fsp3) is 0.533. The van der Waals surface area contributed by atoms with Gasteiger partial charge in [-0.2, -0.15) is 0 Å². The van der Waals surface area contributed by atoms with Crippen molar-refractivity contribution < 1.29 is 14.3 Å². The molecule has 0 saturated carbocycles. The van der Waals surface area contributed by atoms with E-state index >= 15 is 0 Å². The Bertz CT molecular complexity index is 427. The second kappa shape index (κ2) is 7.26. The van der Waals surface area contributed by atoms with E-state index in [1.165, 1.54) is 0 Å². The quantitative estimate of drug-likeness (QED) is 0.874. The first-order valence-corrected chi connectivity index (χ1v) is 6.93. The van der Waals surface area contributed by atoms with Crippen LogP contribution in [0.2, 0.25) is 0 Å². The van der Waals surface area contributed by atoms with E-state index in [2.05, 4.69) is 5.32 Å². The lowest BCUT2D eigenvalue weighted by Crippen LogP contribution is -2.49. The SMILES string of the molecule is COc1ccc(CNC(C)C(=O)N2CCOCC2)cc1. The van der Waals surface area contributed by atoms with Crippen molar-refractivity contribution >= 4 is 5.91 Å². The minimum absolute atomic E-state index is 0.141. The lowest BCUT2D eigenvalue weighted by Gasteiger charge is -2.29. The van der Waals surface area contributed by atoms with Gasteiger partial charge in [-0.15, -0.1) is 0 Å². The molecule has 0 aromatic heterocycles. The second-order valence-electron chi connectivity index (χ2n) is 4.89. The van der Waals surface area contributed by atoms with E-state index in [9.17, 15) is 4.79 Å². The maximum absolute atomic E-state index is 12.2. The monoisotopic (exact) mass is 278 g/mol. The number of ether oxygens (including phenoxy) is 2. The molecule has 1 aromatic rings. The average molecular weight is 278 g/mol. The molecule has 0 aliphatic carbocycles. The number of hydrogen-bond donors (Lipinski definition) is 1. The highest BCUT2D eigenvalue weighted by molar-refractivity contribution is 5.81. The van der Waals surface area contributed by atoms with Gasteiger partial charge in [0.2, 0.25) is 5.91 Å². The molecule has 1 aliphatic heterocycles. The maximum atomic E-state index is 12.2. The number of hydrogen-bond acceptors (Lipinski definition) is 4. The number of amides is 1.